The van der Waals surface area contributed by atoms with Gasteiger partial charge < -0.3 is 15.8 Å². The molecule has 1 fully saturated rings. The number of halogens is 2. The maximum absolute atomic E-state index is 12.2. The third-order valence-corrected chi connectivity index (χ3v) is 7.48. The zero-order valence-electron chi connectivity index (χ0n) is 18.3. The standard InChI is InChI=1S/C20H24Cl2N6O4S2/c1-12(29)28(34-20-26-25-19(33-20)24-18(31)5-4-17(23)30)11-14-10-27(6-7-32-14)9-13-2-3-15(21)16(22)8-13/h2-3,8,14H,4-7,9-11H2,1H3,(H2,23,30)(H,24,25,31)/t14-/m0/s1. The number of hydrogen-bond donors (Lipinski definition) is 2. The van der Waals surface area contributed by atoms with E-state index in [-0.39, 0.29) is 35.9 Å². The number of nitrogens with one attached hydrogen (secondary N) is 1. The van der Waals surface area contributed by atoms with Gasteiger partial charge in [-0.2, -0.15) is 0 Å². The smallest absolute Gasteiger partial charge is 0.229 e. The molecule has 2 heterocycles. The third kappa shape index (κ3) is 8.36. The average molecular weight is 547 g/mol. The highest BCUT2D eigenvalue weighted by Crippen LogP contribution is 2.29. The van der Waals surface area contributed by atoms with Gasteiger partial charge in [-0.3, -0.25) is 23.6 Å². The van der Waals surface area contributed by atoms with Crippen LogP contribution in [0.15, 0.2) is 22.5 Å². The van der Waals surface area contributed by atoms with Gasteiger partial charge in [-0.1, -0.05) is 40.6 Å². The summed E-state index contributed by atoms with van der Waals surface area (Å²) in [6.07, 6.45) is -0.267. The quantitative estimate of drug-likeness (QED) is 0.343. The van der Waals surface area contributed by atoms with E-state index in [1.54, 1.807) is 10.4 Å². The van der Waals surface area contributed by atoms with Crippen molar-refractivity contribution in [1.29, 1.82) is 0 Å². The first-order chi connectivity index (χ1) is 16.2. The van der Waals surface area contributed by atoms with Crippen molar-refractivity contribution in [2.75, 3.05) is 31.6 Å². The number of amides is 3. The van der Waals surface area contributed by atoms with Gasteiger partial charge in [-0.25, -0.2) is 0 Å². The summed E-state index contributed by atoms with van der Waals surface area (Å²) in [6.45, 7) is 4.47. The average Bonchev–Trinajstić information content (AvgIpc) is 3.21. The van der Waals surface area contributed by atoms with Crippen LogP contribution in [0.3, 0.4) is 0 Å². The maximum Gasteiger partial charge on any atom is 0.229 e. The number of nitrogens with zero attached hydrogens (tertiary/aromatic N) is 4. The van der Waals surface area contributed by atoms with Crippen molar-refractivity contribution >= 4 is 69.3 Å². The van der Waals surface area contributed by atoms with Crippen molar-refractivity contribution in [3.05, 3.63) is 33.8 Å². The molecule has 0 bridgehead atoms. The van der Waals surface area contributed by atoms with Gasteiger partial charge in [0, 0.05) is 51.3 Å². The van der Waals surface area contributed by atoms with E-state index in [2.05, 4.69) is 20.4 Å². The Morgan fingerprint density at radius 2 is 2.09 bits per heavy atom. The predicted octanol–water partition coefficient (Wildman–Crippen LogP) is 2.81. The molecule has 0 spiro atoms. The van der Waals surface area contributed by atoms with E-state index in [1.807, 2.05) is 12.1 Å². The molecule has 0 radical (unpaired) electrons. The molecule has 1 atom stereocenters. The van der Waals surface area contributed by atoms with Crippen LogP contribution >= 0.6 is 46.5 Å². The van der Waals surface area contributed by atoms with Crippen LogP contribution < -0.4 is 11.1 Å². The summed E-state index contributed by atoms with van der Waals surface area (Å²) in [5.74, 6) is -1.09. The summed E-state index contributed by atoms with van der Waals surface area (Å²) in [5.41, 5.74) is 6.10. The van der Waals surface area contributed by atoms with Gasteiger partial charge in [0.2, 0.25) is 22.9 Å². The molecular formula is C20H24Cl2N6O4S2. The lowest BCUT2D eigenvalue weighted by Crippen LogP contribution is -2.46. The lowest BCUT2D eigenvalue weighted by molar-refractivity contribution is -0.126. The summed E-state index contributed by atoms with van der Waals surface area (Å²) >= 11 is 14.4. The molecule has 1 aliphatic rings. The Morgan fingerprint density at radius 3 is 2.79 bits per heavy atom. The second-order valence-electron chi connectivity index (χ2n) is 7.54. The molecule has 184 valence electrons. The van der Waals surface area contributed by atoms with Gasteiger partial charge in [0.15, 0.2) is 4.34 Å². The van der Waals surface area contributed by atoms with Crippen LogP contribution in [0.4, 0.5) is 5.13 Å². The van der Waals surface area contributed by atoms with E-state index in [0.717, 1.165) is 35.4 Å². The lowest BCUT2D eigenvalue weighted by atomic mass is 10.2. The van der Waals surface area contributed by atoms with Crippen molar-refractivity contribution in [2.24, 2.45) is 5.73 Å². The second-order valence-corrected chi connectivity index (χ2v) is 10.6. The van der Waals surface area contributed by atoms with Crippen molar-refractivity contribution in [3.8, 4) is 0 Å². The number of morpholine rings is 1. The molecule has 2 aromatic rings. The minimum absolute atomic E-state index is 0.0330. The van der Waals surface area contributed by atoms with Crippen LogP contribution in [0.5, 0.6) is 0 Å². The fraction of sp³-hybridized carbons (Fsp3) is 0.450. The number of benzene rings is 1. The first-order valence-electron chi connectivity index (χ1n) is 10.3. The Bertz CT molecular complexity index is 1040. The summed E-state index contributed by atoms with van der Waals surface area (Å²) < 4.78 is 7.94. The van der Waals surface area contributed by atoms with Crippen LogP contribution in [-0.4, -0.2) is 69.5 Å². The Morgan fingerprint density at radius 1 is 1.29 bits per heavy atom. The fourth-order valence-electron chi connectivity index (χ4n) is 3.16. The number of nitrogens with two attached hydrogens (primary N) is 1. The van der Waals surface area contributed by atoms with E-state index in [9.17, 15) is 14.4 Å². The van der Waals surface area contributed by atoms with Crippen molar-refractivity contribution in [1.82, 2.24) is 19.4 Å². The molecule has 3 rings (SSSR count). The van der Waals surface area contributed by atoms with Crippen LogP contribution in [-0.2, 0) is 25.7 Å². The SMILES string of the molecule is CC(=O)N(C[C@@H]1CN(Cc2ccc(Cl)c(Cl)c2)CCO1)Sc1nnc(NC(=O)CCC(N)=O)s1. The molecule has 1 saturated heterocycles. The van der Waals surface area contributed by atoms with Gasteiger partial charge >= 0.3 is 0 Å². The molecule has 1 aliphatic heterocycles. The number of ether oxygens (including phenoxy) is 1. The van der Waals surface area contributed by atoms with E-state index in [1.165, 1.54) is 6.92 Å². The highest BCUT2D eigenvalue weighted by atomic mass is 35.5. The molecule has 34 heavy (non-hydrogen) atoms. The number of carbonyl (C=O) groups excluding carboxylic acids is 3. The molecule has 10 nitrogen and oxygen atoms in total. The van der Waals surface area contributed by atoms with Crippen LogP contribution in [0.2, 0.25) is 10.0 Å². The monoisotopic (exact) mass is 546 g/mol. The minimum atomic E-state index is -0.554. The molecular weight excluding hydrogens is 523 g/mol. The summed E-state index contributed by atoms with van der Waals surface area (Å²) in [5, 5.41) is 11.8. The van der Waals surface area contributed by atoms with Crippen molar-refractivity contribution in [3.63, 3.8) is 0 Å². The fourth-order valence-corrected chi connectivity index (χ4v) is 5.26. The number of anilines is 1. The third-order valence-electron chi connectivity index (χ3n) is 4.77. The molecule has 0 unspecified atom stereocenters. The Balaban J connectivity index is 1.54. The molecule has 0 saturated carbocycles. The van der Waals surface area contributed by atoms with Gasteiger partial charge in [-0.15, -0.1) is 10.2 Å². The topological polar surface area (TPSA) is 131 Å². The summed E-state index contributed by atoms with van der Waals surface area (Å²) in [7, 11) is 0. The molecule has 3 amide bonds. The first-order valence-corrected chi connectivity index (χ1v) is 12.7. The van der Waals surface area contributed by atoms with Crippen molar-refractivity contribution < 1.29 is 19.1 Å². The molecule has 1 aromatic carbocycles. The van der Waals surface area contributed by atoms with Gasteiger partial charge in [-0.05, 0) is 17.7 Å². The van der Waals surface area contributed by atoms with Crippen LogP contribution in [0, 0.1) is 0 Å². The second kappa shape index (κ2) is 12.7. The summed E-state index contributed by atoms with van der Waals surface area (Å²) in [4.78, 5) is 37.1. The number of primary amides is 1. The zero-order chi connectivity index (χ0) is 24.7. The largest absolute Gasteiger partial charge is 0.374 e. The predicted molar refractivity (Wildman–Crippen MR) is 132 cm³/mol. The van der Waals surface area contributed by atoms with Gasteiger partial charge in [0.1, 0.15) is 0 Å². The highest BCUT2D eigenvalue weighted by molar-refractivity contribution is 7.99. The normalized spacial score (nSPS) is 16.3. The van der Waals surface area contributed by atoms with E-state index in [4.69, 9.17) is 33.7 Å². The Labute approximate surface area is 215 Å². The minimum Gasteiger partial charge on any atom is -0.374 e. The van der Waals surface area contributed by atoms with Crippen LogP contribution in [0.1, 0.15) is 25.3 Å². The van der Waals surface area contributed by atoms with Gasteiger partial charge in [0.25, 0.3) is 0 Å². The van der Waals surface area contributed by atoms with E-state index in [0.29, 0.717) is 40.6 Å². The maximum atomic E-state index is 12.2. The Hall–Kier alpha value is -1.96. The molecule has 0 aliphatic carbocycles. The molecule has 1 aromatic heterocycles. The number of aromatic nitrogens is 2. The van der Waals surface area contributed by atoms with Crippen LogP contribution in [0.25, 0.3) is 0 Å². The number of rotatable bonds is 10. The molecule has 14 heteroatoms. The van der Waals surface area contributed by atoms with E-state index < -0.39 is 5.91 Å². The zero-order valence-corrected chi connectivity index (χ0v) is 21.5. The van der Waals surface area contributed by atoms with E-state index >= 15 is 0 Å². The first kappa shape index (κ1) is 26.6. The molecule has 3 N–H and O–H groups in total. The van der Waals surface area contributed by atoms with Gasteiger partial charge in [0.05, 0.1) is 29.3 Å². The number of carbonyl (C=O) groups is 3. The Kier molecular flexibility index (Phi) is 9.92. The number of hydrogen-bond acceptors (Lipinski definition) is 9. The highest BCUT2D eigenvalue weighted by Gasteiger charge is 2.26. The summed E-state index contributed by atoms with van der Waals surface area (Å²) in [6, 6.07) is 5.57. The lowest BCUT2D eigenvalue weighted by Gasteiger charge is -2.35. The van der Waals surface area contributed by atoms with Crippen molar-refractivity contribution in [2.45, 2.75) is 36.8 Å².